The van der Waals surface area contributed by atoms with E-state index < -0.39 is 0 Å². The Kier molecular flexibility index (Phi) is 3.44. The van der Waals surface area contributed by atoms with Crippen molar-refractivity contribution in [3.05, 3.63) is 22.8 Å². The molecule has 4 rings (SSSR count). The van der Waals surface area contributed by atoms with Gasteiger partial charge in [0.15, 0.2) is 0 Å². The number of aromatic nitrogens is 2. The van der Waals surface area contributed by atoms with E-state index in [0.717, 1.165) is 37.6 Å². The second kappa shape index (κ2) is 5.28. The smallest absolute Gasteiger partial charge is 0.146 e. The molecule has 4 nitrogen and oxygen atoms in total. The molecule has 0 bridgehead atoms. The summed E-state index contributed by atoms with van der Waals surface area (Å²) in [7, 11) is 2.21. The molecule has 1 saturated heterocycles. The molecule has 1 N–H and O–H groups in total. The topological polar surface area (TPSA) is 41.1 Å². The summed E-state index contributed by atoms with van der Waals surface area (Å²) >= 11 is 2.03. The van der Waals surface area contributed by atoms with Crippen molar-refractivity contribution in [2.45, 2.75) is 37.8 Å². The molecule has 1 aliphatic carbocycles. The first-order chi connectivity index (χ1) is 9.83. The highest BCUT2D eigenvalue weighted by molar-refractivity contribution is 7.99. The number of fused-ring (bicyclic) bond motifs is 1. The first kappa shape index (κ1) is 13.0. The van der Waals surface area contributed by atoms with E-state index in [2.05, 4.69) is 17.3 Å². The highest BCUT2D eigenvalue weighted by Gasteiger charge is 2.33. The largest absolute Gasteiger partial charge is 0.312 e. The molecule has 1 aromatic heterocycles. The molecule has 0 radical (unpaired) electrons. The maximum Gasteiger partial charge on any atom is 0.146 e. The van der Waals surface area contributed by atoms with Gasteiger partial charge in [0.1, 0.15) is 5.82 Å². The summed E-state index contributed by atoms with van der Waals surface area (Å²) in [6.45, 7) is 3.18. The third-order valence-electron chi connectivity index (χ3n) is 4.64. The Balaban J connectivity index is 1.74. The lowest BCUT2D eigenvalue weighted by atomic mass is 10.0. The van der Waals surface area contributed by atoms with E-state index in [4.69, 9.17) is 9.97 Å². The maximum atomic E-state index is 5.02. The summed E-state index contributed by atoms with van der Waals surface area (Å²) in [6, 6.07) is 0.409. The molecule has 3 heterocycles. The zero-order valence-corrected chi connectivity index (χ0v) is 12.9. The highest BCUT2D eigenvalue weighted by Crippen LogP contribution is 2.42. The van der Waals surface area contributed by atoms with Gasteiger partial charge in [0.05, 0.1) is 17.4 Å². The fourth-order valence-corrected chi connectivity index (χ4v) is 4.40. The molecule has 2 fully saturated rings. The summed E-state index contributed by atoms with van der Waals surface area (Å²) in [4.78, 5) is 12.4. The van der Waals surface area contributed by atoms with Crippen molar-refractivity contribution in [2.75, 3.05) is 31.6 Å². The Labute approximate surface area is 124 Å². The van der Waals surface area contributed by atoms with Crippen LogP contribution in [0.2, 0.25) is 0 Å². The van der Waals surface area contributed by atoms with Crippen LogP contribution in [0.1, 0.15) is 47.6 Å². The zero-order valence-electron chi connectivity index (χ0n) is 12.1. The van der Waals surface area contributed by atoms with E-state index in [1.807, 2.05) is 11.8 Å². The molecule has 0 spiro atoms. The van der Waals surface area contributed by atoms with Crippen molar-refractivity contribution >= 4 is 11.8 Å². The van der Waals surface area contributed by atoms with E-state index in [-0.39, 0.29) is 0 Å². The Bertz CT molecular complexity index is 515. The molecule has 3 aliphatic rings. The van der Waals surface area contributed by atoms with E-state index >= 15 is 0 Å². The minimum absolute atomic E-state index is 0.409. The monoisotopic (exact) mass is 290 g/mol. The summed E-state index contributed by atoms with van der Waals surface area (Å²) in [5.41, 5.74) is 4.09. The van der Waals surface area contributed by atoms with Crippen LogP contribution in [-0.2, 0) is 13.0 Å². The number of nitrogens with one attached hydrogen (secondary N) is 1. The fourth-order valence-electron chi connectivity index (χ4n) is 3.19. The SMILES string of the molecule is CN1CCSCC1c1nc2c(c(C3CC3)n1)CNCC2. The fraction of sp³-hybridized carbons (Fsp3) is 0.733. The third kappa shape index (κ3) is 2.36. The van der Waals surface area contributed by atoms with Crippen LogP contribution in [-0.4, -0.2) is 46.5 Å². The van der Waals surface area contributed by atoms with Crippen LogP contribution in [0, 0.1) is 0 Å². The summed E-state index contributed by atoms with van der Waals surface area (Å²) in [6.07, 6.45) is 3.70. The van der Waals surface area contributed by atoms with Crippen LogP contribution < -0.4 is 5.32 Å². The van der Waals surface area contributed by atoms with Gasteiger partial charge in [0.2, 0.25) is 0 Å². The average molecular weight is 290 g/mol. The minimum atomic E-state index is 0.409. The first-order valence-electron chi connectivity index (χ1n) is 7.71. The molecule has 1 atom stereocenters. The molecule has 108 valence electrons. The summed E-state index contributed by atoms with van der Waals surface area (Å²) in [5.74, 6) is 4.17. The van der Waals surface area contributed by atoms with Gasteiger partial charge in [0.25, 0.3) is 0 Å². The van der Waals surface area contributed by atoms with E-state index in [1.54, 1.807) is 0 Å². The quantitative estimate of drug-likeness (QED) is 0.898. The first-order valence-corrected chi connectivity index (χ1v) is 8.86. The Hall–Kier alpha value is -0.650. The minimum Gasteiger partial charge on any atom is -0.312 e. The van der Waals surface area contributed by atoms with Crippen molar-refractivity contribution in [1.29, 1.82) is 0 Å². The molecule has 2 aliphatic heterocycles. The highest BCUT2D eigenvalue weighted by atomic mass is 32.2. The van der Waals surface area contributed by atoms with Gasteiger partial charge < -0.3 is 5.32 Å². The van der Waals surface area contributed by atoms with Crippen LogP contribution in [0.15, 0.2) is 0 Å². The van der Waals surface area contributed by atoms with E-state index in [1.165, 1.54) is 35.5 Å². The molecule has 5 heteroatoms. The van der Waals surface area contributed by atoms with Gasteiger partial charge in [-0.05, 0) is 19.9 Å². The van der Waals surface area contributed by atoms with Crippen molar-refractivity contribution in [1.82, 2.24) is 20.2 Å². The average Bonchev–Trinajstić information content (AvgIpc) is 3.31. The molecular weight excluding hydrogens is 268 g/mol. The van der Waals surface area contributed by atoms with Crippen LogP contribution in [0.4, 0.5) is 0 Å². The van der Waals surface area contributed by atoms with Gasteiger partial charge >= 0.3 is 0 Å². The van der Waals surface area contributed by atoms with Crippen LogP contribution in [0.25, 0.3) is 0 Å². The van der Waals surface area contributed by atoms with Crippen LogP contribution in [0.5, 0.6) is 0 Å². The summed E-state index contributed by atoms with van der Waals surface area (Å²) < 4.78 is 0. The van der Waals surface area contributed by atoms with Gasteiger partial charge in [-0.2, -0.15) is 11.8 Å². The second-order valence-electron chi connectivity index (χ2n) is 6.16. The number of hydrogen-bond donors (Lipinski definition) is 1. The zero-order chi connectivity index (χ0) is 13.5. The lowest BCUT2D eigenvalue weighted by molar-refractivity contribution is 0.263. The van der Waals surface area contributed by atoms with Gasteiger partial charge in [0, 0.05) is 49.0 Å². The predicted octanol–water partition coefficient (Wildman–Crippen LogP) is 1.72. The third-order valence-corrected chi connectivity index (χ3v) is 5.66. The molecule has 0 aromatic carbocycles. The molecule has 1 unspecified atom stereocenters. The van der Waals surface area contributed by atoms with Crippen molar-refractivity contribution in [3.63, 3.8) is 0 Å². The number of thioether (sulfide) groups is 1. The molecule has 20 heavy (non-hydrogen) atoms. The number of hydrogen-bond acceptors (Lipinski definition) is 5. The van der Waals surface area contributed by atoms with Crippen molar-refractivity contribution < 1.29 is 0 Å². The number of rotatable bonds is 2. The molecule has 1 aromatic rings. The van der Waals surface area contributed by atoms with Crippen LogP contribution >= 0.6 is 11.8 Å². The number of nitrogens with zero attached hydrogens (tertiary/aromatic N) is 3. The Morgan fingerprint density at radius 1 is 1.30 bits per heavy atom. The lowest BCUT2D eigenvalue weighted by Crippen LogP contribution is -2.35. The van der Waals surface area contributed by atoms with E-state index in [0.29, 0.717) is 12.0 Å². The predicted molar refractivity (Wildman–Crippen MR) is 82.1 cm³/mol. The second-order valence-corrected chi connectivity index (χ2v) is 7.31. The lowest BCUT2D eigenvalue weighted by Gasteiger charge is -2.32. The van der Waals surface area contributed by atoms with Gasteiger partial charge in [-0.15, -0.1) is 0 Å². The molecule has 1 saturated carbocycles. The van der Waals surface area contributed by atoms with E-state index in [9.17, 15) is 0 Å². The Morgan fingerprint density at radius 2 is 2.20 bits per heavy atom. The normalized spacial score (nSPS) is 27.4. The van der Waals surface area contributed by atoms with Gasteiger partial charge in [-0.25, -0.2) is 9.97 Å². The summed E-state index contributed by atoms with van der Waals surface area (Å²) in [5, 5.41) is 3.48. The van der Waals surface area contributed by atoms with Crippen molar-refractivity contribution in [2.24, 2.45) is 0 Å². The van der Waals surface area contributed by atoms with Gasteiger partial charge in [-0.3, -0.25) is 4.90 Å². The molecular formula is C15H22N4S. The maximum absolute atomic E-state index is 5.02. The Morgan fingerprint density at radius 3 is 3.00 bits per heavy atom. The van der Waals surface area contributed by atoms with Crippen LogP contribution in [0.3, 0.4) is 0 Å². The molecule has 0 amide bonds. The van der Waals surface area contributed by atoms with Crippen molar-refractivity contribution in [3.8, 4) is 0 Å². The van der Waals surface area contributed by atoms with Gasteiger partial charge in [-0.1, -0.05) is 0 Å². The standard InChI is InChI=1S/C15H22N4S/c1-19-6-7-20-9-13(19)15-17-12-4-5-16-8-11(12)14(18-15)10-2-3-10/h10,13,16H,2-9H2,1H3.